The monoisotopic (exact) mass is 250 g/mol. The number of carbonyl (C=O) groups is 1. The SMILES string of the molecule is C[C@@H](N)C(=O)N(C)CCC1CCOCC1.Cl. The van der Waals surface area contributed by atoms with Crippen molar-refractivity contribution in [2.45, 2.75) is 32.2 Å². The van der Waals surface area contributed by atoms with Gasteiger partial charge < -0.3 is 15.4 Å². The molecule has 1 aliphatic heterocycles. The Bertz CT molecular complexity index is 206. The van der Waals surface area contributed by atoms with Gasteiger partial charge in [-0.25, -0.2) is 0 Å². The molecule has 0 spiro atoms. The van der Waals surface area contributed by atoms with Gasteiger partial charge in [-0.3, -0.25) is 4.79 Å². The van der Waals surface area contributed by atoms with Gasteiger partial charge in [0.1, 0.15) is 0 Å². The molecule has 1 atom stereocenters. The van der Waals surface area contributed by atoms with Crippen LogP contribution in [0.1, 0.15) is 26.2 Å². The number of amides is 1. The second-order valence-corrected chi connectivity index (χ2v) is 4.39. The van der Waals surface area contributed by atoms with Crippen molar-refractivity contribution in [2.24, 2.45) is 11.7 Å². The Hall–Kier alpha value is -0.320. The Balaban J connectivity index is 0.00000225. The maximum atomic E-state index is 11.5. The first-order valence-corrected chi connectivity index (χ1v) is 5.69. The van der Waals surface area contributed by atoms with E-state index in [1.54, 1.807) is 11.8 Å². The van der Waals surface area contributed by atoms with Crippen molar-refractivity contribution >= 4 is 18.3 Å². The first-order valence-electron chi connectivity index (χ1n) is 5.69. The van der Waals surface area contributed by atoms with Crippen molar-refractivity contribution in [3.63, 3.8) is 0 Å². The van der Waals surface area contributed by atoms with Gasteiger partial charge >= 0.3 is 0 Å². The van der Waals surface area contributed by atoms with Gasteiger partial charge in [-0.15, -0.1) is 12.4 Å². The van der Waals surface area contributed by atoms with Crippen LogP contribution in [0.5, 0.6) is 0 Å². The third-order valence-corrected chi connectivity index (χ3v) is 2.98. The first-order chi connectivity index (χ1) is 7.11. The number of rotatable bonds is 4. The summed E-state index contributed by atoms with van der Waals surface area (Å²) in [5, 5.41) is 0. The molecule has 1 amide bonds. The zero-order valence-electron chi connectivity index (χ0n) is 10.1. The van der Waals surface area contributed by atoms with Gasteiger partial charge in [0.25, 0.3) is 0 Å². The molecule has 16 heavy (non-hydrogen) atoms. The molecule has 0 aliphatic carbocycles. The lowest BCUT2D eigenvalue weighted by molar-refractivity contribution is -0.131. The Morgan fingerprint density at radius 2 is 2.06 bits per heavy atom. The van der Waals surface area contributed by atoms with Gasteiger partial charge in [0, 0.05) is 26.8 Å². The summed E-state index contributed by atoms with van der Waals surface area (Å²) in [6.07, 6.45) is 3.32. The van der Waals surface area contributed by atoms with Crippen LogP contribution >= 0.6 is 12.4 Å². The maximum Gasteiger partial charge on any atom is 0.238 e. The van der Waals surface area contributed by atoms with E-state index in [-0.39, 0.29) is 24.4 Å². The highest BCUT2D eigenvalue weighted by Gasteiger charge is 2.17. The van der Waals surface area contributed by atoms with Gasteiger partial charge in [0.05, 0.1) is 6.04 Å². The number of nitrogens with zero attached hydrogens (tertiary/aromatic N) is 1. The Labute approximate surface area is 104 Å². The van der Waals surface area contributed by atoms with Crippen LogP contribution in [-0.4, -0.2) is 43.7 Å². The molecule has 0 radical (unpaired) electrons. The average Bonchev–Trinajstić information content (AvgIpc) is 2.26. The van der Waals surface area contributed by atoms with Crippen LogP contribution in [0.15, 0.2) is 0 Å². The highest BCUT2D eigenvalue weighted by molar-refractivity contribution is 5.85. The van der Waals surface area contributed by atoms with Gasteiger partial charge in [-0.05, 0) is 32.1 Å². The van der Waals surface area contributed by atoms with Crippen LogP contribution in [0.3, 0.4) is 0 Å². The van der Waals surface area contributed by atoms with Crippen molar-refractivity contribution in [2.75, 3.05) is 26.8 Å². The summed E-state index contributed by atoms with van der Waals surface area (Å²) < 4.78 is 5.29. The van der Waals surface area contributed by atoms with Crippen LogP contribution in [0.2, 0.25) is 0 Å². The normalized spacial score (nSPS) is 18.7. The Morgan fingerprint density at radius 3 is 2.56 bits per heavy atom. The number of nitrogens with two attached hydrogens (primary N) is 1. The van der Waals surface area contributed by atoms with Crippen molar-refractivity contribution in [1.29, 1.82) is 0 Å². The largest absolute Gasteiger partial charge is 0.381 e. The molecule has 1 aliphatic rings. The summed E-state index contributed by atoms with van der Waals surface area (Å²) in [6, 6.07) is -0.385. The van der Waals surface area contributed by atoms with E-state index in [2.05, 4.69) is 0 Å². The van der Waals surface area contributed by atoms with E-state index in [1.807, 2.05) is 7.05 Å². The molecule has 0 unspecified atom stereocenters. The number of carbonyl (C=O) groups excluding carboxylic acids is 1. The van der Waals surface area contributed by atoms with Gasteiger partial charge in [0.2, 0.25) is 5.91 Å². The van der Waals surface area contributed by atoms with Gasteiger partial charge in [0.15, 0.2) is 0 Å². The molecule has 1 rings (SSSR count). The van der Waals surface area contributed by atoms with Crippen LogP contribution in [0.4, 0.5) is 0 Å². The Morgan fingerprint density at radius 1 is 1.50 bits per heavy atom. The molecule has 0 bridgehead atoms. The molecule has 0 aromatic rings. The van der Waals surface area contributed by atoms with Gasteiger partial charge in [-0.2, -0.15) is 0 Å². The summed E-state index contributed by atoms with van der Waals surface area (Å²) in [5.74, 6) is 0.740. The van der Waals surface area contributed by atoms with Crippen LogP contribution in [-0.2, 0) is 9.53 Å². The molecule has 0 saturated carbocycles. The van der Waals surface area contributed by atoms with Gasteiger partial charge in [-0.1, -0.05) is 0 Å². The molecule has 1 saturated heterocycles. The first kappa shape index (κ1) is 15.7. The van der Waals surface area contributed by atoms with E-state index < -0.39 is 0 Å². The summed E-state index contributed by atoms with van der Waals surface area (Å²) in [5.41, 5.74) is 5.53. The number of halogens is 1. The number of likely N-dealkylation sites (N-methyl/N-ethyl adjacent to an activating group) is 1. The van der Waals surface area contributed by atoms with Crippen molar-refractivity contribution in [3.8, 4) is 0 Å². The predicted molar refractivity (Wildman–Crippen MR) is 66.7 cm³/mol. The molecule has 96 valence electrons. The van der Waals surface area contributed by atoms with Crippen LogP contribution < -0.4 is 5.73 Å². The molecule has 1 heterocycles. The summed E-state index contributed by atoms with van der Waals surface area (Å²) >= 11 is 0. The lowest BCUT2D eigenvalue weighted by Gasteiger charge is -2.25. The average molecular weight is 251 g/mol. The summed E-state index contributed by atoms with van der Waals surface area (Å²) in [4.78, 5) is 13.2. The predicted octanol–water partition coefficient (Wildman–Crippen LogP) is 1.03. The zero-order chi connectivity index (χ0) is 11.3. The molecule has 1 fully saturated rings. The molecular formula is C11H23ClN2O2. The summed E-state index contributed by atoms with van der Waals surface area (Å²) in [7, 11) is 1.82. The lowest BCUT2D eigenvalue weighted by atomic mass is 9.96. The second-order valence-electron chi connectivity index (χ2n) is 4.39. The number of ether oxygens (including phenoxy) is 1. The smallest absolute Gasteiger partial charge is 0.238 e. The minimum atomic E-state index is -0.385. The minimum absolute atomic E-state index is 0. The van der Waals surface area contributed by atoms with E-state index in [0.29, 0.717) is 5.92 Å². The zero-order valence-corrected chi connectivity index (χ0v) is 11.0. The standard InChI is InChI=1S/C11H22N2O2.ClH/c1-9(12)11(14)13(2)6-3-10-4-7-15-8-5-10;/h9-10H,3-8,12H2,1-2H3;1H/t9-;/m1./s1. The van der Waals surface area contributed by atoms with E-state index in [0.717, 1.165) is 39.0 Å². The van der Waals surface area contributed by atoms with E-state index in [9.17, 15) is 4.79 Å². The van der Waals surface area contributed by atoms with E-state index in [4.69, 9.17) is 10.5 Å². The highest BCUT2D eigenvalue weighted by Crippen LogP contribution is 2.18. The molecule has 0 aromatic carbocycles. The van der Waals surface area contributed by atoms with Crippen LogP contribution in [0, 0.1) is 5.92 Å². The van der Waals surface area contributed by atoms with Crippen LogP contribution in [0.25, 0.3) is 0 Å². The fraction of sp³-hybridized carbons (Fsp3) is 0.909. The van der Waals surface area contributed by atoms with E-state index in [1.165, 1.54) is 0 Å². The van der Waals surface area contributed by atoms with Crippen molar-refractivity contribution in [1.82, 2.24) is 4.90 Å². The topological polar surface area (TPSA) is 55.6 Å². The molecule has 2 N–H and O–H groups in total. The molecule has 5 heteroatoms. The maximum absolute atomic E-state index is 11.5. The van der Waals surface area contributed by atoms with Crippen molar-refractivity contribution in [3.05, 3.63) is 0 Å². The van der Waals surface area contributed by atoms with Crippen molar-refractivity contribution < 1.29 is 9.53 Å². The third kappa shape index (κ3) is 5.14. The minimum Gasteiger partial charge on any atom is -0.381 e. The molecule has 0 aromatic heterocycles. The molecule has 4 nitrogen and oxygen atoms in total. The quantitative estimate of drug-likeness (QED) is 0.811. The highest BCUT2D eigenvalue weighted by atomic mass is 35.5. The fourth-order valence-corrected chi connectivity index (χ4v) is 1.87. The second kappa shape index (κ2) is 7.87. The Kier molecular flexibility index (Phi) is 7.72. The number of hydrogen-bond donors (Lipinski definition) is 1. The fourth-order valence-electron chi connectivity index (χ4n) is 1.87. The lowest BCUT2D eigenvalue weighted by Crippen LogP contribution is -2.40. The third-order valence-electron chi connectivity index (χ3n) is 2.98. The van der Waals surface area contributed by atoms with E-state index >= 15 is 0 Å². The molecular weight excluding hydrogens is 228 g/mol. The number of hydrogen-bond acceptors (Lipinski definition) is 3. The summed E-state index contributed by atoms with van der Waals surface area (Å²) in [6.45, 7) is 4.28.